The first-order valence-electron chi connectivity index (χ1n) is 6.60. The molecule has 0 aromatic heterocycles. The Morgan fingerprint density at radius 1 is 1.28 bits per heavy atom. The Balaban J connectivity index is 2.17. The zero-order chi connectivity index (χ0) is 13.7. The summed E-state index contributed by atoms with van der Waals surface area (Å²) in [6.07, 6.45) is 0.139. The van der Waals surface area contributed by atoms with Gasteiger partial charge in [-0.25, -0.2) is 0 Å². The molecule has 1 N–H and O–H groups in total. The number of likely N-dealkylation sites (tertiary alicyclic amines) is 1. The van der Waals surface area contributed by atoms with Crippen LogP contribution in [-0.2, 0) is 14.3 Å². The van der Waals surface area contributed by atoms with Crippen LogP contribution in [0.1, 0.15) is 27.7 Å². The Labute approximate surface area is 109 Å². The van der Waals surface area contributed by atoms with E-state index in [1.54, 1.807) is 4.90 Å². The van der Waals surface area contributed by atoms with Gasteiger partial charge in [-0.15, -0.1) is 0 Å². The fourth-order valence-electron chi connectivity index (χ4n) is 1.78. The van der Waals surface area contributed by atoms with Gasteiger partial charge in [0.15, 0.2) is 0 Å². The molecule has 0 aromatic rings. The van der Waals surface area contributed by atoms with Gasteiger partial charge in [-0.2, -0.15) is 0 Å². The van der Waals surface area contributed by atoms with Gasteiger partial charge in [-0.3, -0.25) is 9.59 Å². The van der Waals surface area contributed by atoms with E-state index >= 15 is 0 Å². The Morgan fingerprint density at radius 2 is 1.89 bits per heavy atom. The van der Waals surface area contributed by atoms with Gasteiger partial charge in [0.2, 0.25) is 0 Å². The second-order valence-electron chi connectivity index (χ2n) is 5.39. The van der Waals surface area contributed by atoms with Crippen molar-refractivity contribution in [2.75, 3.05) is 26.2 Å². The molecular weight excluding hydrogens is 232 g/mol. The van der Waals surface area contributed by atoms with Crippen LogP contribution in [0, 0.1) is 11.8 Å². The van der Waals surface area contributed by atoms with Crippen LogP contribution < -0.4 is 5.32 Å². The summed E-state index contributed by atoms with van der Waals surface area (Å²) in [6.45, 7) is 10.3. The van der Waals surface area contributed by atoms with Crippen LogP contribution in [0.2, 0.25) is 0 Å². The Morgan fingerprint density at radius 3 is 2.39 bits per heavy atom. The fourth-order valence-corrected chi connectivity index (χ4v) is 1.78. The first-order valence-corrected chi connectivity index (χ1v) is 6.60. The van der Waals surface area contributed by atoms with Gasteiger partial charge >= 0.3 is 11.8 Å². The molecular formula is C13H24N2O3. The second kappa shape index (κ2) is 6.73. The van der Waals surface area contributed by atoms with Crippen molar-refractivity contribution in [3.8, 4) is 0 Å². The summed E-state index contributed by atoms with van der Waals surface area (Å²) in [7, 11) is 0. The minimum atomic E-state index is -0.524. The SMILES string of the molecule is CC(C)OCCNC(=O)C(=O)N1CC(C(C)C)C1. The van der Waals surface area contributed by atoms with Crippen molar-refractivity contribution in [1.82, 2.24) is 10.2 Å². The molecule has 0 unspecified atom stereocenters. The molecule has 1 saturated heterocycles. The van der Waals surface area contributed by atoms with Crippen molar-refractivity contribution in [1.29, 1.82) is 0 Å². The molecule has 5 nitrogen and oxygen atoms in total. The molecule has 1 aliphatic rings. The van der Waals surface area contributed by atoms with Crippen LogP contribution in [0.25, 0.3) is 0 Å². The zero-order valence-corrected chi connectivity index (χ0v) is 11.7. The molecule has 2 amide bonds. The minimum absolute atomic E-state index is 0.139. The molecule has 1 heterocycles. The van der Waals surface area contributed by atoms with Crippen LogP contribution in [-0.4, -0.2) is 49.1 Å². The van der Waals surface area contributed by atoms with E-state index in [0.29, 0.717) is 38.1 Å². The summed E-state index contributed by atoms with van der Waals surface area (Å²) < 4.78 is 5.28. The number of hydrogen-bond donors (Lipinski definition) is 1. The van der Waals surface area contributed by atoms with E-state index in [-0.39, 0.29) is 6.10 Å². The summed E-state index contributed by atoms with van der Waals surface area (Å²) in [5, 5.41) is 2.58. The highest BCUT2D eigenvalue weighted by Gasteiger charge is 2.35. The third kappa shape index (κ3) is 4.29. The molecule has 104 valence electrons. The van der Waals surface area contributed by atoms with Gasteiger partial charge in [0.25, 0.3) is 0 Å². The normalized spacial score (nSPS) is 16.0. The summed E-state index contributed by atoms with van der Waals surface area (Å²) in [6, 6.07) is 0. The number of carbonyl (C=O) groups excluding carboxylic acids is 2. The van der Waals surface area contributed by atoms with Crippen molar-refractivity contribution >= 4 is 11.8 Å². The van der Waals surface area contributed by atoms with Crippen molar-refractivity contribution in [2.45, 2.75) is 33.8 Å². The molecule has 0 aromatic carbocycles. The van der Waals surface area contributed by atoms with Crippen molar-refractivity contribution < 1.29 is 14.3 Å². The second-order valence-corrected chi connectivity index (χ2v) is 5.39. The van der Waals surface area contributed by atoms with E-state index in [9.17, 15) is 9.59 Å². The van der Waals surface area contributed by atoms with E-state index in [2.05, 4.69) is 19.2 Å². The number of ether oxygens (including phenoxy) is 1. The van der Waals surface area contributed by atoms with Crippen LogP contribution in [0.3, 0.4) is 0 Å². The molecule has 0 aliphatic carbocycles. The number of rotatable bonds is 5. The van der Waals surface area contributed by atoms with Gasteiger partial charge in [0.05, 0.1) is 12.7 Å². The molecule has 18 heavy (non-hydrogen) atoms. The largest absolute Gasteiger partial charge is 0.377 e. The minimum Gasteiger partial charge on any atom is -0.377 e. The number of hydrogen-bond acceptors (Lipinski definition) is 3. The summed E-state index contributed by atoms with van der Waals surface area (Å²) in [5.41, 5.74) is 0. The van der Waals surface area contributed by atoms with E-state index < -0.39 is 11.8 Å². The lowest BCUT2D eigenvalue weighted by Crippen LogP contribution is -2.56. The first-order chi connectivity index (χ1) is 8.41. The summed E-state index contributed by atoms with van der Waals surface area (Å²) in [4.78, 5) is 24.8. The van der Waals surface area contributed by atoms with Crippen LogP contribution in [0.15, 0.2) is 0 Å². The highest BCUT2D eigenvalue weighted by molar-refractivity contribution is 6.35. The summed E-state index contributed by atoms with van der Waals surface area (Å²) >= 11 is 0. The number of amides is 2. The maximum absolute atomic E-state index is 11.7. The molecule has 5 heteroatoms. The van der Waals surface area contributed by atoms with Crippen molar-refractivity contribution in [3.63, 3.8) is 0 Å². The first kappa shape index (κ1) is 15.0. The van der Waals surface area contributed by atoms with Gasteiger partial charge in [-0.1, -0.05) is 13.8 Å². The molecule has 0 radical (unpaired) electrons. The highest BCUT2D eigenvalue weighted by Crippen LogP contribution is 2.22. The molecule has 1 rings (SSSR count). The third-order valence-electron chi connectivity index (χ3n) is 3.17. The number of nitrogens with zero attached hydrogens (tertiary/aromatic N) is 1. The standard InChI is InChI=1S/C13H24N2O3/c1-9(2)11-7-15(8-11)13(17)12(16)14-5-6-18-10(3)4/h9-11H,5-8H2,1-4H3,(H,14,16). The van der Waals surface area contributed by atoms with Crippen molar-refractivity contribution in [3.05, 3.63) is 0 Å². The molecule has 0 bridgehead atoms. The average Bonchev–Trinajstić information content (AvgIpc) is 2.20. The van der Waals surface area contributed by atoms with Crippen LogP contribution in [0.5, 0.6) is 0 Å². The van der Waals surface area contributed by atoms with Gasteiger partial charge < -0.3 is 15.0 Å². The van der Waals surface area contributed by atoms with Crippen LogP contribution >= 0.6 is 0 Å². The lowest BCUT2D eigenvalue weighted by Gasteiger charge is -2.41. The lowest BCUT2D eigenvalue weighted by molar-refractivity contribution is -0.151. The molecule has 0 saturated carbocycles. The predicted molar refractivity (Wildman–Crippen MR) is 69.0 cm³/mol. The zero-order valence-electron chi connectivity index (χ0n) is 11.7. The van der Waals surface area contributed by atoms with Gasteiger partial charge in [-0.05, 0) is 25.7 Å². The molecule has 0 atom stereocenters. The van der Waals surface area contributed by atoms with Gasteiger partial charge in [0, 0.05) is 19.6 Å². The molecule has 0 spiro atoms. The number of carbonyl (C=O) groups is 2. The Kier molecular flexibility index (Phi) is 5.59. The summed E-state index contributed by atoms with van der Waals surface area (Å²) in [5.74, 6) is 0.156. The average molecular weight is 256 g/mol. The predicted octanol–water partition coefficient (Wildman–Crippen LogP) is 0.642. The van der Waals surface area contributed by atoms with Crippen LogP contribution in [0.4, 0.5) is 0 Å². The smallest absolute Gasteiger partial charge is 0.311 e. The van der Waals surface area contributed by atoms with E-state index in [1.807, 2.05) is 13.8 Å². The van der Waals surface area contributed by atoms with E-state index in [4.69, 9.17) is 4.74 Å². The van der Waals surface area contributed by atoms with E-state index in [1.165, 1.54) is 0 Å². The molecule has 1 aliphatic heterocycles. The Hall–Kier alpha value is -1.10. The maximum Gasteiger partial charge on any atom is 0.311 e. The monoisotopic (exact) mass is 256 g/mol. The number of nitrogens with one attached hydrogen (secondary N) is 1. The van der Waals surface area contributed by atoms with E-state index in [0.717, 1.165) is 0 Å². The highest BCUT2D eigenvalue weighted by atomic mass is 16.5. The molecule has 1 fully saturated rings. The van der Waals surface area contributed by atoms with Crippen molar-refractivity contribution in [2.24, 2.45) is 11.8 Å². The topological polar surface area (TPSA) is 58.6 Å². The quantitative estimate of drug-likeness (QED) is 0.580. The third-order valence-corrected chi connectivity index (χ3v) is 3.17. The van der Waals surface area contributed by atoms with Gasteiger partial charge in [0.1, 0.15) is 0 Å². The fraction of sp³-hybridized carbons (Fsp3) is 0.846. The lowest BCUT2D eigenvalue weighted by atomic mass is 9.88. The maximum atomic E-state index is 11.7. The Bertz CT molecular complexity index is 297.